The summed E-state index contributed by atoms with van der Waals surface area (Å²) in [6.07, 6.45) is 0. The van der Waals surface area contributed by atoms with Crippen molar-refractivity contribution >= 4 is 38.1 Å². The Morgan fingerprint density at radius 3 is 2.39 bits per heavy atom. The average Bonchev–Trinajstić information content (AvgIpc) is 2.90. The van der Waals surface area contributed by atoms with E-state index in [-0.39, 0.29) is 10.8 Å². The van der Waals surface area contributed by atoms with E-state index < -0.39 is 10.0 Å². The van der Waals surface area contributed by atoms with Crippen LogP contribution in [-0.4, -0.2) is 45.5 Å². The van der Waals surface area contributed by atoms with Gasteiger partial charge in [-0.05, 0) is 53.4 Å². The molecule has 0 aromatic heterocycles. The smallest absolute Gasteiger partial charge is 0.261 e. The molecule has 36 heavy (non-hydrogen) atoms. The predicted molar refractivity (Wildman–Crippen MR) is 142 cm³/mol. The minimum absolute atomic E-state index is 0.112. The highest BCUT2D eigenvalue weighted by Crippen LogP contribution is 2.26. The number of nitrogens with one attached hydrogen (secondary N) is 2. The molecule has 5 rings (SSSR count). The number of anilines is 2. The Labute approximate surface area is 210 Å². The molecule has 0 spiro atoms. The van der Waals surface area contributed by atoms with E-state index in [9.17, 15) is 13.2 Å². The summed E-state index contributed by atoms with van der Waals surface area (Å²) < 4.78 is 34.1. The first-order chi connectivity index (χ1) is 17.5. The van der Waals surface area contributed by atoms with Crippen LogP contribution in [0, 0.1) is 0 Å². The van der Waals surface area contributed by atoms with Gasteiger partial charge < -0.3 is 10.1 Å². The van der Waals surface area contributed by atoms with Gasteiger partial charge in [-0.15, -0.1) is 0 Å². The summed E-state index contributed by atoms with van der Waals surface area (Å²) in [7, 11) is -3.80. The molecule has 7 nitrogen and oxygen atoms in total. The molecule has 1 amide bonds. The quantitative estimate of drug-likeness (QED) is 0.383. The number of fused-ring (bicyclic) bond motifs is 1. The highest BCUT2D eigenvalue weighted by molar-refractivity contribution is 7.92. The molecule has 0 unspecified atom stereocenters. The minimum Gasteiger partial charge on any atom is -0.379 e. The molecule has 0 radical (unpaired) electrons. The second-order valence-corrected chi connectivity index (χ2v) is 10.4. The van der Waals surface area contributed by atoms with Crippen LogP contribution in [0.1, 0.15) is 15.9 Å². The first kappa shape index (κ1) is 24.0. The SMILES string of the molecule is O=C(Nc1ccc(S(=O)(=O)Nc2cccc3ccccc23)cc1)c1cccc(CN2CCOCC2)c1. The number of amides is 1. The van der Waals surface area contributed by atoms with Crippen molar-refractivity contribution < 1.29 is 17.9 Å². The van der Waals surface area contributed by atoms with E-state index in [2.05, 4.69) is 14.9 Å². The Morgan fingerprint density at radius 1 is 0.861 bits per heavy atom. The molecule has 0 atom stereocenters. The van der Waals surface area contributed by atoms with Gasteiger partial charge in [0.25, 0.3) is 15.9 Å². The Kier molecular flexibility index (Phi) is 6.99. The molecule has 1 aliphatic heterocycles. The first-order valence-corrected chi connectivity index (χ1v) is 13.3. The number of nitrogens with zero attached hydrogens (tertiary/aromatic N) is 1. The van der Waals surface area contributed by atoms with Gasteiger partial charge in [0.15, 0.2) is 0 Å². The molecule has 0 saturated carbocycles. The Bertz CT molecular complexity index is 1480. The molecule has 1 heterocycles. The second kappa shape index (κ2) is 10.5. The van der Waals surface area contributed by atoms with Gasteiger partial charge in [0.05, 0.1) is 23.8 Å². The van der Waals surface area contributed by atoms with E-state index in [1.807, 2.05) is 54.6 Å². The van der Waals surface area contributed by atoms with E-state index in [0.29, 0.717) is 16.9 Å². The van der Waals surface area contributed by atoms with Crippen molar-refractivity contribution in [1.82, 2.24) is 4.90 Å². The molecular formula is C28H27N3O4S. The van der Waals surface area contributed by atoms with Crippen LogP contribution in [0.3, 0.4) is 0 Å². The normalized spacial score (nSPS) is 14.4. The van der Waals surface area contributed by atoms with Crippen LogP contribution < -0.4 is 10.0 Å². The fourth-order valence-corrected chi connectivity index (χ4v) is 5.35. The van der Waals surface area contributed by atoms with E-state index in [1.165, 1.54) is 12.1 Å². The molecular weight excluding hydrogens is 474 g/mol. The number of hydrogen-bond acceptors (Lipinski definition) is 5. The number of sulfonamides is 1. The fraction of sp³-hybridized carbons (Fsp3) is 0.179. The molecule has 4 aromatic carbocycles. The maximum absolute atomic E-state index is 13.0. The van der Waals surface area contributed by atoms with Crippen LogP contribution >= 0.6 is 0 Å². The van der Waals surface area contributed by atoms with Crippen molar-refractivity contribution in [2.75, 3.05) is 36.3 Å². The highest BCUT2D eigenvalue weighted by atomic mass is 32.2. The summed E-state index contributed by atoms with van der Waals surface area (Å²) in [6, 6.07) is 26.8. The zero-order valence-electron chi connectivity index (χ0n) is 19.7. The number of carbonyl (C=O) groups is 1. The van der Waals surface area contributed by atoms with E-state index in [1.54, 1.807) is 24.3 Å². The van der Waals surface area contributed by atoms with Gasteiger partial charge in [-0.1, -0.05) is 48.5 Å². The van der Waals surface area contributed by atoms with Gasteiger partial charge in [-0.25, -0.2) is 8.42 Å². The number of ether oxygens (including phenoxy) is 1. The van der Waals surface area contributed by atoms with Gasteiger partial charge in [-0.3, -0.25) is 14.4 Å². The molecule has 1 saturated heterocycles. The average molecular weight is 502 g/mol. The summed E-state index contributed by atoms with van der Waals surface area (Å²) in [4.78, 5) is 15.2. The topological polar surface area (TPSA) is 87.7 Å². The maximum Gasteiger partial charge on any atom is 0.261 e. The van der Waals surface area contributed by atoms with Crippen LogP contribution in [0.2, 0.25) is 0 Å². The third kappa shape index (κ3) is 5.57. The minimum atomic E-state index is -3.80. The Balaban J connectivity index is 1.26. The zero-order chi connectivity index (χ0) is 25.0. The fourth-order valence-electron chi connectivity index (χ4n) is 4.27. The standard InChI is InChI=1S/C28H27N3O4S/c32-28(23-8-3-5-21(19-23)20-31-15-17-35-18-16-31)29-24-11-13-25(14-12-24)36(33,34)30-27-10-4-7-22-6-1-2-9-26(22)27/h1-14,19,30H,15-18,20H2,(H,29,32). The van der Waals surface area contributed by atoms with Crippen molar-refractivity contribution in [2.24, 2.45) is 0 Å². The van der Waals surface area contributed by atoms with E-state index in [4.69, 9.17) is 4.74 Å². The maximum atomic E-state index is 13.0. The van der Waals surface area contributed by atoms with Gasteiger partial charge in [0.1, 0.15) is 0 Å². The number of carbonyl (C=O) groups excluding carboxylic acids is 1. The molecule has 184 valence electrons. The summed E-state index contributed by atoms with van der Waals surface area (Å²) in [5.41, 5.74) is 2.64. The van der Waals surface area contributed by atoms with Crippen LogP contribution in [0.5, 0.6) is 0 Å². The molecule has 0 aliphatic carbocycles. The van der Waals surface area contributed by atoms with Crippen LogP contribution in [0.25, 0.3) is 10.8 Å². The first-order valence-electron chi connectivity index (χ1n) is 11.8. The van der Waals surface area contributed by atoms with Crippen molar-refractivity contribution in [2.45, 2.75) is 11.4 Å². The molecule has 4 aromatic rings. The Morgan fingerprint density at radius 2 is 1.58 bits per heavy atom. The van der Waals surface area contributed by atoms with Crippen molar-refractivity contribution in [3.05, 3.63) is 102 Å². The van der Waals surface area contributed by atoms with Gasteiger partial charge in [0.2, 0.25) is 0 Å². The third-order valence-electron chi connectivity index (χ3n) is 6.16. The molecule has 8 heteroatoms. The third-order valence-corrected chi connectivity index (χ3v) is 7.54. The summed E-state index contributed by atoms with van der Waals surface area (Å²) >= 11 is 0. The largest absolute Gasteiger partial charge is 0.379 e. The summed E-state index contributed by atoms with van der Waals surface area (Å²) in [6.45, 7) is 3.97. The lowest BCUT2D eigenvalue weighted by Gasteiger charge is -2.26. The van der Waals surface area contributed by atoms with Crippen molar-refractivity contribution in [1.29, 1.82) is 0 Å². The second-order valence-electron chi connectivity index (χ2n) is 8.70. The van der Waals surface area contributed by atoms with Crippen LogP contribution in [0.15, 0.2) is 95.9 Å². The van der Waals surface area contributed by atoms with Crippen molar-refractivity contribution in [3.63, 3.8) is 0 Å². The van der Waals surface area contributed by atoms with Gasteiger partial charge in [-0.2, -0.15) is 0 Å². The van der Waals surface area contributed by atoms with E-state index >= 15 is 0 Å². The molecule has 1 fully saturated rings. The highest BCUT2D eigenvalue weighted by Gasteiger charge is 2.16. The lowest BCUT2D eigenvalue weighted by atomic mass is 10.1. The van der Waals surface area contributed by atoms with Crippen LogP contribution in [-0.2, 0) is 21.3 Å². The van der Waals surface area contributed by atoms with E-state index in [0.717, 1.165) is 49.2 Å². The lowest BCUT2D eigenvalue weighted by molar-refractivity contribution is 0.0342. The number of morpholine rings is 1. The number of hydrogen-bond donors (Lipinski definition) is 2. The van der Waals surface area contributed by atoms with Crippen LogP contribution in [0.4, 0.5) is 11.4 Å². The van der Waals surface area contributed by atoms with Crippen molar-refractivity contribution in [3.8, 4) is 0 Å². The monoisotopic (exact) mass is 501 g/mol. The zero-order valence-corrected chi connectivity index (χ0v) is 20.5. The number of rotatable bonds is 7. The lowest BCUT2D eigenvalue weighted by Crippen LogP contribution is -2.35. The Hall–Kier alpha value is -3.72. The summed E-state index contributed by atoms with van der Waals surface area (Å²) in [5.74, 6) is -0.247. The van der Waals surface area contributed by atoms with Gasteiger partial charge in [0, 0.05) is 36.3 Å². The molecule has 2 N–H and O–H groups in total. The molecule has 0 bridgehead atoms. The molecule has 1 aliphatic rings. The number of benzene rings is 4. The van der Waals surface area contributed by atoms with Gasteiger partial charge >= 0.3 is 0 Å². The summed E-state index contributed by atoms with van der Waals surface area (Å²) in [5, 5.41) is 4.63. The predicted octanol–water partition coefficient (Wildman–Crippen LogP) is 4.73.